The molecule has 206 valence electrons. The van der Waals surface area contributed by atoms with E-state index in [1.165, 1.54) is 160 Å². The van der Waals surface area contributed by atoms with Crippen molar-refractivity contribution >= 4 is 0 Å². The summed E-state index contributed by atoms with van der Waals surface area (Å²) in [6.07, 6.45) is 30.0. The van der Waals surface area contributed by atoms with E-state index in [0.717, 1.165) is 0 Å². The molecule has 0 aliphatic rings. The summed E-state index contributed by atoms with van der Waals surface area (Å²) in [5.41, 5.74) is 3.01. The summed E-state index contributed by atoms with van der Waals surface area (Å²) >= 11 is 0. The van der Waals surface area contributed by atoms with Crippen molar-refractivity contribution in [3.8, 4) is 0 Å². The minimum atomic E-state index is 0. The van der Waals surface area contributed by atoms with Crippen molar-refractivity contribution in [3.63, 3.8) is 0 Å². The number of nitrogens with zero attached hydrogens (tertiary/aromatic N) is 1. The van der Waals surface area contributed by atoms with Gasteiger partial charge in [-0.1, -0.05) is 141 Å². The van der Waals surface area contributed by atoms with Gasteiger partial charge in [-0.2, -0.15) is 0 Å². The molecule has 0 aromatic heterocycles. The first kappa shape index (κ1) is 34.1. The van der Waals surface area contributed by atoms with Crippen molar-refractivity contribution in [2.24, 2.45) is 0 Å². The van der Waals surface area contributed by atoms with Crippen LogP contribution in [-0.2, 0) is 6.42 Å². The van der Waals surface area contributed by atoms with Crippen LogP contribution in [0.5, 0.6) is 0 Å². The Morgan fingerprint density at radius 1 is 0.486 bits per heavy atom. The van der Waals surface area contributed by atoms with E-state index in [4.69, 9.17) is 0 Å². The number of benzene rings is 1. The molecule has 0 bridgehead atoms. The van der Waals surface area contributed by atoms with Crippen LogP contribution in [0.4, 0.5) is 0 Å². The van der Waals surface area contributed by atoms with Crippen LogP contribution in [0, 0.1) is 6.92 Å². The first-order valence-electron chi connectivity index (χ1n) is 15.5. The zero-order chi connectivity index (χ0) is 24.5. The maximum absolute atomic E-state index is 2.66. The van der Waals surface area contributed by atoms with Gasteiger partial charge in [-0.15, -0.1) is 0 Å². The van der Waals surface area contributed by atoms with Crippen LogP contribution in [0.15, 0.2) is 24.3 Å². The SMILES string of the molecule is CCCN(CCC)CCCCCCCCCCCCCCCCCCCCc1ccccc1C.O. The van der Waals surface area contributed by atoms with Crippen molar-refractivity contribution < 1.29 is 5.48 Å². The second kappa shape index (κ2) is 26.2. The van der Waals surface area contributed by atoms with Gasteiger partial charge in [-0.05, 0) is 69.8 Å². The van der Waals surface area contributed by atoms with E-state index in [-0.39, 0.29) is 5.48 Å². The lowest BCUT2D eigenvalue weighted by Crippen LogP contribution is -2.26. The topological polar surface area (TPSA) is 34.7 Å². The van der Waals surface area contributed by atoms with E-state index < -0.39 is 0 Å². The molecule has 0 unspecified atom stereocenters. The molecule has 0 aliphatic carbocycles. The standard InChI is InChI=1S/C33H61N.H2O/c1-4-29-34(30-5-2)31-25-21-19-17-15-13-11-9-7-6-8-10-12-14-16-18-20-22-27-33-28-24-23-26-32(33)3;/h23-24,26,28H,4-22,25,27,29-31H2,1-3H3;1H2. The van der Waals surface area contributed by atoms with E-state index in [0.29, 0.717) is 0 Å². The Labute approximate surface area is 221 Å². The zero-order valence-electron chi connectivity index (χ0n) is 24.2. The molecule has 1 rings (SSSR count). The number of hydrogen-bond acceptors (Lipinski definition) is 1. The molecule has 35 heavy (non-hydrogen) atoms. The van der Waals surface area contributed by atoms with Gasteiger partial charge in [0.2, 0.25) is 0 Å². The first-order chi connectivity index (χ1) is 16.8. The fraction of sp³-hybridized carbons (Fsp3) is 0.818. The normalized spacial score (nSPS) is 11.2. The smallest absolute Gasteiger partial charge is 0.00187 e. The fourth-order valence-electron chi connectivity index (χ4n) is 5.34. The summed E-state index contributed by atoms with van der Waals surface area (Å²) in [7, 11) is 0. The van der Waals surface area contributed by atoms with Crippen LogP contribution >= 0.6 is 0 Å². The van der Waals surface area contributed by atoms with Gasteiger partial charge in [0.1, 0.15) is 0 Å². The van der Waals surface area contributed by atoms with Gasteiger partial charge in [-0.3, -0.25) is 0 Å². The molecule has 0 radical (unpaired) electrons. The average molecular weight is 490 g/mol. The largest absolute Gasteiger partial charge is 0.412 e. The van der Waals surface area contributed by atoms with Gasteiger partial charge in [0, 0.05) is 0 Å². The number of hydrogen-bond donors (Lipinski definition) is 0. The fourth-order valence-corrected chi connectivity index (χ4v) is 5.34. The van der Waals surface area contributed by atoms with Crippen molar-refractivity contribution in [3.05, 3.63) is 35.4 Å². The van der Waals surface area contributed by atoms with E-state index in [2.05, 4.69) is 49.9 Å². The Hall–Kier alpha value is -0.860. The van der Waals surface area contributed by atoms with E-state index in [1.54, 1.807) is 5.56 Å². The third-order valence-electron chi connectivity index (χ3n) is 7.51. The monoisotopic (exact) mass is 489 g/mol. The first-order valence-corrected chi connectivity index (χ1v) is 15.5. The van der Waals surface area contributed by atoms with Gasteiger partial charge < -0.3 is 10.4 Å². The Morgan fingerprint density at radius 2 is 0.857 bits per heavy atom. The van der Waals surface area contributed by atoms with Gasteiger partial charge in [0.05, 0.1) is 0 Å². The Balaban J connectivity index is 0.0000116. The maximum atomic E-state index is 2.66. The summed E-state index contributed by atoms with van der Waals surface area (Å²) in [5.74, 6) is 0. The van der Waals surface area contributed by atoms with E-state index >= 15 is 0 Å². The highest BCUT2D eigenvalue weighted by atomic mass is 16.0. The molecule has 0 saturated carbocycles. The summed E-state index contributed by atoms with van der Waals surface area (Å²) in [5, 5.41) is 0. The van der Waals surface area contributed by atoms with Gasteiger partial charge in [0.25, 0.3) is 0 Å². The molecule has 2 nitrogen and oxygen atoms in total. The molecular formula is C33H63NO. The lowest BCUT2D eigenvalue weighted by molar-refractivity contribution is 0.267. The van der Waals surface area contributed by atoms with Crippen molar-refractivity contribution in [2.75, 3.05) is 19.6 Å². The molecule has 1 aromatic rings. The minimum absolute atomic E-state index is 0. The highest BCUT2D eigenvalue weighted by Gasteiger charge is 2.02. The predicted molar refractivity (Wildman–Crippen MR) is 159 cm³/mol. The van der Waals surface area contributed by atoms with Crippen molar-refractivity contribution in [1.82, 2.24) is 4.90 Å². The van der Waals surface area contributed by atoms with Crippen LogP contribution in [-0.4, -0.2) is 30.0 Å². The molecule has 0 spiro atoms. The number of rotatable bonds is 25. The van der Waals surface area contributed by atoms with Crippen LogP contribution in [0.25, 0.3) is 0 Å². The molecule has 0 amide bonds. The van der Waals surface area contributed by atoms with Crippen molar-refractivity contribution in [1.29, 1.82) is 0 Å². The molecule has 0 heterocycles. The zero-order valence-corrected chi connectivity index (χ0v) is 24.2. The lowest BCUT2D eigenvalue weighted by atomic mass is 10.0. The second-order valence-electron chi connectivity index (χ2n) is 10.9. The molecular weight excluding hydrogens is 426 g/mol. The number of unbranched alkanes of at least 4 members (excludes halogenated alkanes) is 17. The van der Waals surface area contributed by atoms with Gasteiger partial charge >= 0.3 is 0 Å². The molecule has 2 heteroatoms. The highest BCUT2D eigenvalue weighted by Crippen LogP contribution is 2.16. The molecule has 0 saturated heterocycles. The Kier molecular flexibility index (Phi) is 25.6. The third-order valence-corrected chi connectivity index (χ3v) is 7.51. The molecule has 0 aliphatic heterocycles. The number of aryl methyl sites for hydroxylation is 2. The predicted octanol–water partition coefficient (Wildman–Crippen LogP) is 9.86. The third kappa shape index (κ3) is 21.0. The summed E-state index contributed by atoms with van der Waals surface area (Å²) in [6, 6.07) is 8.88. The maximum Gasteiger partial charge on any atom is -0.00187 e. The summed E-state index contributed by atoms with van der Waals surface area (Å²) < 4.78 is 0. The second-order valence-corrected chi connectivity index (χ2v) is 10.9. The molecule has 2 N–H and O–H groups in total. The van der Waals surface area contributed by atoms with E-state index in [1.807, 2.05) is 0 Å². The van der Waals surface area contributed by atoms with Crippen molar-refractivity contribution in [2.45, 2.75) is 156 Å². The van der Waals surface area contributed by atoms with Crippen LogP contribution in [0.3, 0.4) is 0 Å². The molecule has 0 fully saturated rings. The van der Waals surface area contributed by atoms with Crippen LogP contribution < -0.4 is 0 Å². The Morgan fingerprint density at radius 3 is 1.26 bits per heavy atom. The average Bonchev–Trinajstić information content (AvgIpc) is 2.84. The molecule has 1 aromatic carbocycles. The molecule has 0 atom stereocenters. The summed E-state index contributed by atoms with van der Waals surface area (Å²) in [6.45, 7) is 10.8. The quantitative estimate of drug-likeness (QED) is 0.126. The van der Waals surface area contributed by atoms with Gasteiger partial charge in [0.15, 0.2) is 0 Å². The van der Waals surface area contributed by atoms with Crippen LogP contribution in [0.2, 0.25) is 0 Å². The van der Waals surface area contributed by atoms with E-state index in [9.17, 15) is 0 Å². The highest BCUT2D eigenvalue weighted by molar-refractivity contribution is 5.25. The Bertz CT molecular complexity index is 538. The van der Waals surface area contributed by atoms with Gasteiger partial charge in [-0.25, -0.2) is 0 Å². The van der Waals surface area contributed by atoms with Crippen LogP contribution in [0.1, 0.15) is 153 Å². The lowest BCUT2D eigenvalue weighted by Gasteiger charge is -2.20. The summed E-state index contributed by atoms with van der Waals surface area (Å²) in [4.78, 5) is 2.66. The minimum Gasteiger partial charge on any atom is -0.412 e.